The van der Waals surface area contributed by atoms with Gasteiger partial charge in [0.05, 0.1) is 0 Å². The lowest BCUT2D eigenvalue weighted by Gasteiger charge is -2.06. The van der Waals surface area contributed by atoms with Crippen molar-refractivity contribution in [1.82, 2.24) is 0 Å². The minimum absolute atomic E-state index is 0.114. The molecule has 0 amide bonds. The minimum atomic E-state index is -1.27. The highest BCUT2D eigenvalue weighted by atomic mass is 19.1. The van der Waals surface area contributed by atoms with Gasteiger partial charge < -0.3 is 15.9 Å². The van der Waals surface area contributed by atoms with E-state index in [4.69, 9.17) is 15.9 Å². The predicted molar refractivity (Wildman–Crippen MR) is 42.6 cm³/mol. The first-order valence-corrected chi connectivity index (χ1v) is 3.49. The molecule has 0 unspecified atom stereocenters. The molecular formula is C8H8FNO3. The summed E-state index contributed by atoms with van der Waals surface area (Å²) in [5, 5.41) is 17.3. The number of carboxylic acid groups (broad SMARTS) is 1. The Morgan fingerprint density at radius 2 is 2.15 bits per heavy atom. The number of phenolic OH excluding ortho intramolecular Hbond substituents is 1. The molecule has 0 fully saturated rings. The number of hydrogen-bond acceptors (Lipinski definition) is 3. The molecule has 13 heavy (non-hydrogen) atoms. The van der Waals surface area contributed by atoms with Crippen molar-refractivity contribution in [2.75, 3.05) is 0 Å². The molecular weight excluding hydrogens is 177 g/mol. The highest BCUT2D eigenvalue weighted by molar-refractivity contribution is 5.75. The first-order chi connectivity index (χ1) is 6.02. The van der Waals surface area contributed by atoms with Gasteiger partial charge in [-0.25, -0.2) is 4.39 Å². The molecule has 1 atom stereocenters. The third-order valence-electron chi connectivity index (χ3n) is 1.60. The van der Waals surface area contributed by atoms with Crippen molar-refractivity contribution in [3.05, 3.63) is 29.6 Å². The number of rotatable bonds is 2. The van der Waals surface area contributed by atoms with Crippen molar-refractivity contribution >= 4 is 5.97 Å². The number of hydrogen-bond donors (Lipinski definition) is 3. The first kappa shape index (κ1) is 9.47. The molecule has 0 aliphatic carbocycles. The SMILES string of the molecule is N[C@@H](C(=O)O)c1ccc(O)c(F)c1. The monoisotopic (exact) mass is 185 g/mol. The molecule has 4 nitrogen and oxygen atoms in total. The molecule has 0 aliphatic rings. The van der Waals surface area contributed by atoms with E-state index in [0.717, 1.165) is 12.1 Å². The van der Waals surface area contributed by atoms with Crippen molar-refractivity contribution < 1.29 is 19.4 Å². The molecule has 5 heteroatoms. The predicted octanol–water partition coefficient (Wildman–Crippen LogP) is 0.616. The number of carbonyl (C=O) groups is 1. The third-order valence-corrected chi connectivity index (χ3v) is 1.60. The summed E-state index contributed by atoms with van der Waals surface area (Å²) in [7, 11) is 0. The third kappa shape index (κ3) is 1.94. The van der Waals surface area contributed by atoms with Gasteiger partial charge in [-0.3, -0.25) is 4.79 Å². The second-order valence-corrected chi connectivity index (χ2v) is 2.53. The van der Waals surface area contributed by atoms with Crippen LogP contribution in [0.1, 0.15) is 11.6 Å². The lowest BCUT2D eigenvalue weighted by molar-refractivity contribution is -0.138. The Bertz CT molecular complexity index is 340. The molecule has 1 rings (SSSR count). The zero-order valence-corrected chi connectivity index (χ0v) is 6.57. The molecule has 0 saturated heterocycles. The zero-order valence-electron chi connectivity index (χ0n) is 6.57. The number of halogens is 1. The van der Waals surface area contributed by atoms with Gasteiger partial charge in [-0.15, -0.1) is 0 Å². The van der Waals surface area contributed by atoms with Crippen molar-refractivity contribution in [2.45, 2.75) is 6.04 Å². The van der Waals surface area contributed by atoms with Gasteiger partial charge in [-0.1, -0.05) is 6.07 Å². The Morgan fingerprint density at radius 1 is 1.54 bits per heavy atom. The maximum atomic E-state index is 12.7. The normalized spacial score (nSPS) is 12.5. The van der Waals surface area contributed by atoms with Gasteiger partial charge in [0.1, 0.15) is 6.04 Å². The van der Waals surface area contributed by atoms with Gasteiger partial charge in [-0.05, 0) is 17.7 Å². The minimum Gasteiger partial charge on any atom is -0.505 e. The maximum Gasteiger partial charge on any atom is 0.325 e. The molecule has 0 radical (unpaired) electrons. The van der Waals surface area contributed by atoms with Crippen LogP contribution in [0.4, 0.5) is 4.39 Å². The summed E-state index contributed by atoms with van der Waals surface area (Å²) in [4.78, 5) is 10.4. The van der Waals surface area contributed by atoms with E-state index < -0.39 is 23.6 Å². The summed E-state index contributed by atoms with van der Waals surface area (Å²) in [6.07, 6.45) is 0. The Kier molecular flexibility index (Phi) is 2.48. The van der Waals surface area contributed by atoms with E-state index in [1.165, 1.54) is 6.07 Å². The summed E-state index contributed by atoms with van der Waals surface area (Å²) in [6, 6.07) is 1.95. The van der Waals surface area contributed by atoms with Crippen LogP contribution in [0.5, 0.6) is 5.75 Å². The molecule has 1 aromatic carbocycles. The molecule has 0 aromatic heterocycles. The first-order valence-electron chi connectivity index (χ1n) is 3.49. The largest absolute Gasteiger partial charge is 0.505 e. The Hall–Kier alpha value is -1.62. The average molecular weight is 185 g/mol. The highest BCUT2D eigenvalue weighted by Crippen LogP contribution is 2.19. The number of phenols is 1. The van der Waals surface area contributed by atoms with Crippen LogP contribution in [0.25, 0.3) is 0 Å². The lowest BCUT2D eigenvalue weighted by atomic mass is 10.1. The van der Waals surface area contributed by atoms with Gasteiger partial charge in [-0.2, -0.15) is 0 Å². The molecule has 0 saturated carbocycles. The van der Waals surface area contributed by atoms with Gasteiger partial charge in [0.15, 0.2) is 11.6 Å². The van der Waals surface area contributed by atoms with Gasteiger partial charge in [0.25, 0.3) is 0 Å². The molecule has 0 heterocycles. The van der Waals surface area contributed by atoms with E-state index in [-0.39, 0.29) is 5.56 Å². The standard InChI is InChI=1S/C8H8FNO3/c9-5-3-4(1-2-6(5)11)7(10)8(12)13/h1-3,7,11H,10H2,(H,12,13)/t7-/m1/s1. The van der Waals surface area contributed by atoms with E-state index in [1.807, 2.05) is 0 Å². The molecule has 70 valence electrons. The van der Waals surface area contributed by atoms with Crippen LogP contribution in [-0.2, 0) is 4.79 Å². The van der Waals surface area contributed by atoms with E-state index >= 15 is 0 Å². The molecule has 4 N–H and O–H groups in total. The lowest BCUT2D eigenvalue weighted by Crippen LogP contribution is -2.20. The van der Waals surface area contributed by atoms with Crippen LogP contribution in [0, 0.1) is 5.82 Å². The zero-order chi connectivity index (χ0) is 10.0. The summed E-state index contributed by atoms with van der Waals surface area (Å²) in [6.45, 7) is 0. The smallest absolute Gasteiger partial charge is 0.325 e. The Labute approximate surface area is 73.4 Å². The Morgan fingerprint density at radius 3 is 2.62 bits per heavy atom. The topological polar surface area (TPSA) is 83.6 Å². The fourth-order valence-corrected chi connectivity index (χ4v) is 0.859. The van der Waals surface area contributed by atoms with Gasteiger partial charge >= 0.3 is 5.97 Å². The number of carboxylic acids is 1. The average Bonchev–Trinajstić information content (AvgIpc) is 2.08. The van der Waals surface area contributed by atoms with Crippen LogP contribution in [0.2, 0.25) is 0 Å². The van der Waals surface area contributed by atoms with Crippen molar-refractivity contribution in [3.63, 3.8) is 0 Å². The number of benzene rings is 1. The Balaban J connectivity index is 3.03. The number of aliphatic carboxylic acids is 1. The molecule has 0 spiro atoms. The van der Waals surface area contributed by atoms with Crippen molar-refractivity contribution in [1.29, 1.82) is 0 Å². The maximum absolute atomic E-state index is 12.7. The molecule has 1 aromatic rings. The quantitative estimate of drug-likeness (QED) is 0.630. The van der Waals surface area contributed by atoms with E-state index in [0.29, 0.717) is 0 Å². The summed E-state index contributed by atoms with van der Waals surface area (Å²) in [5.74, 6) is -2.65. The molecule has 0 aliphatic heterocycles. The fourth-order valence-electron chi connectivity index (χ4n) is 0.859. The van der Waals surface area contributed by atoms with E-state index in [1.54, 1.807) is 0 Å². The summed E-state index contributed by atoms with van der Waals surface area (Å²) >= 11 is 0. The van der Waals surface area contributed by atoms with Crippen LogP contribution in [0.3, 0.4) is 0 Å². The second-order valence-electron chi connectivity index (χ2n) is 2.53. The van der Waals surface area contributed by atoms with E-state index in [9.17, 15) is 9.18 Å². The van der Waals surface area contributed by atoms with Crippen LogP contribution in [0.15, 0.2) is 18.2 Å². The van der Waals surface area contributed by atoms with Crippen LogP contribution >= 0.6 is 0 Å². The van der Waals surface area contributed by atoms with Gasteiger partial charge in [0.2, 0.25) is 0 Å². The van der Waals surface area contributed by atoms with Crippen molar-refractivity contribution in [3.8, 4) is 5.75 Å². The van der Waals surface area contributed by atoms with Crippen LogP contribution < -0.4 is 5.73 Å². The van der Waals surface area contributed by atoms with E-state index in [2.05, 4.69) is 0 Å². The fraction of sp³-hybridized carbons (Fsp3) is 0.125. The number of nitrogens with two attached hydrogens (primary N) is 1. The molecule has 0 bridgehead atoms. The van der Waals surface area contributed by atoms with Gasteiger partial charge in [0, 0.05) is 0 Å². The van der Waals surface area contributed by atoms with Crippen molar-refractivity contribution in [2.24, 2.45) is 5.73 Å². The summed E-state index contributed by atoms with van der Waals surface area (Å²) < 4.78 is 12.7. The second kappa shape index (κ2) is 3.40. The number of aromatic hydroxyl groups is 1. The van der Waals surface area contributed by atoms with Crippen LogP contribution in [-0.4, -0.2) is 16.2 Å². The summed E-state index contributed by atoms with van der Waals surface area (Å²) in [5.41, 5.74) is 5.32. The highest BCUT2D eigenvalue weighted by Gasteiger charge is 2.15.